The van der Waals surface area contributed by atoms with Crippen LogP contribution in [0.4, 0.5) is 13.2 Å². The Balaban J connectivity index is 1.38. The molecule has 2 aliphatic rings. The third-order valence-electron chi connectivity index (χ3n) is 6.52. The second-order valence-electron chi connectivity index (χ2n) is 9.17. The van der Waals surface area contributed by atoms with E-state index < -0.39 is 18.8 Å². The molecule has 1 N–H and O–H groups in total. The van der Waals surface area contributed by atoms with Gasteiger partial charge in [0.1, 0.15) is 0 Å². The van der Waals surface area contributed by atoms with Gasteiger partial charge in [-0.25, -0.2) is 4.98 Å². The number of alkyl halides is 3. The van der Waals surface area contributed by atoms with E-state index in [0.717, 1.165) is 19.6 Å². The molecule has 4 heterocycles. The first-order chi connectivity index (χ1) is 17.6. The van der Waals surface area contributed by atoms with Crippen LogP contribution in [0.2, 0.25) is 0 Å². The summed E-state index contributed by atoms with van der Waals surface area (Å²) in [6.45, 7) is 6.62. The summed E-state index contributed by atoms with van der Waals surface area (Å²) >= 11 is 0. The highest BCUT2D eigenvalue weighted by atomic mass is 19.4. The lowest BCUT2D eigenvalue weighted by Gasteiger charge is -2.26. The lowest BCUT2D eigenvalue weighted by Crippen LogP contribution is -2.41. The fourth-order valence-corrected chi connectivity index (χ4v) is 4.46. The Morgan fingerprint density at radius 2 is 2.03 bits per heavy atom. The molecule has 0 aromatic carbocycles. The zero-order valence-corrected chi connectivity index (χ0v) is 20.8. The highest BCUT2D eigenvalue weighted by molar-refractivity contribution is 5.99. The van der Waals surface area contributed by atoms with E-state index in [4.69, 9.17) is 9.47 Å². The number of morpholine rings is 1. The molecule has 1 unspecified atom stereocenters. The zero-order valence-electron chi connectivity index (χ0n) is 20.8. The predicted octanol–water partition coefficient (Wildman–Crippen LogP) is 2.43. The Morgan fingerprint density at radius 1 is 1.27 bits per heavy atom. The second-order valence-corrected chi connectivity index (χ2v) is 9.17. The van der Waals surface area contributed by atoms with Crippen molar-refractivity contribution in [3.8, 4) is 5.88 Å². The molecule has 1 saturated heterocycles. The van der Waals surface area contributed by atoms with Crippen LogP contribution in [0.5, 0.6) is 5.88 Å². The molecular formula is C25H30F3N5O4. The molecule has 2 aliphatic heterocycles. The van der Waals surface area contributed by atoms with Crippen LogP contribution in [0.15, 0.2) is 24.5 Å². The molecule has 0 bridgehead atoms. The molecule has 0 radical (unpaired) electrons. The highest BCUT2D eigenvalue weighted by Crippen LogP contribution is 2.33. The third-order valence-corrected chi connectivity index (χ3v) is 6.52. The Labute approximate surface area is 213 Å². The van der Waals surface area contributed by atoms with Gasteiger partial charge in [0.2, 0.25) is 11.8 Å². The first kappa shape index (κ1) is 26.8. The van der Waals surface area contributed by atoms with Crippen molar-refractivity contribution in [1.29, 1.82) is 0 Å². The van der Waals surface area contributed by atoms with Gasteiger partial charge in [-0.3, -0.25) is 19.5 Å². The molecular weight excluding hydrogens is 491 g/mol. The monoisotopic (exact) mass is 521 g/mol. The maximum atomic E-state index is 13.2. The minimum absolute atomic E-state index is 0.0632. The van der Waals surface area contributed by atoms with Gasteiger partial charge in [0.05, 0.1) is 31.4 Å². The number of carbonyl (C=O) groups is 2. The number of rotatable bonds is 9. The number of carbonyl (C=O) groups excluding carboxylic acids is 2. The smallest absolute Gasteiger partial charge is 0.422 e. The van der Waals surface area contributed by atoms with Crippen LogP contribution in [-0.4, -0.2) is 83.8 Å². The van der Waals surface area contributed by atoms with Crippen LogP contribution in [-0.2, 0) is 22.5 Å². The number of nitrogens with one attached hydrogen (secondary N) is 1. The molecule has 0 aliphatic carbocycles. The van der Waals surface area contributed by atoms with Gasteiger partial charge in [-0.2, -0.15) is 13.2 Å². The predicted molar refractivity (Wildman–Crippen MR) is 127 cm³/mol. The van der Waals surface area contributed by atoms with Crippen LogP contribution in [0.3, 0.4) is 0 Å². The van der Waals surface area contributed by atoms with Crippen LogP contribution >= 0.6 is 0 Å². The maximum absolute atomic E-state index is 13.2. The van der Waals surface area contributed by atoms with Gasteiger partial charge in [-0.15, -0.1) is 0 Å². The number of ether oxygens (including phenoxy) is 2. The van der Waals surface area contributed by atoms with E-state index in [1.54, 1.807) is 24.0 Å². The van der Waals surface area contributed by atoms with E-state index >= 15 is 0 Å². The van der Waals surface area contributed by atoms with Gasteiger partial charge < -0.3 is 19.7 Å². The maximum Gasteiger partial charge on any atom is 0.422 e. The third kappa shape index (κ3) is 6.75. The second kappa shape index (κ2) is 11.4. The van der Waals surface area contributed by atoms with Crippen molar-refractivity contribution in [3.63, 3.8) is 0 Å². The van der Waals surface area contributed by atoms with Crippen molar-refractivity contribution >= 4 is 11.8 Å². The van der Waals surface area contributed by atoms with Crippen LogP contribution in [0.25, 0.3) is 0 Å². The molecule has 9 nitrogen and oxygen atoms in total. The topological polar surface area (TPSA) is 96.9 Å². The fraction of sp³-hybridized carbons (Fsp3) is 0.520. The number of fused-ring (bicyclic) bond motifs is 1. The fourth-order valence-electron chi connectivity index (χ4n) is 4.46. The van der Waals surface area contributed by atoms with Crippen molar-refractivity contribution in [2.75, 3.05) is 46.0 Å². The Hall–Kier alpha value is -3.25. The minimum atomic E-state index is -4.46. The van der Waals surface area contributed by atoms with E-state index in [0.29, 0.717) is 47.7 Å². The molecule has 0 saturated carbocycles. The van der Waals surface area contributed by atoms with E-state index in [-0.39, 0.29) is 30.7 Å². The largest absolute Gasteiger partial charge is 0.468 e. The standard InChI is InChI=1S/C25H30F3N5O4/c1-16-11-18(13-31-23(16)37-15-25(26,27)28)17(2)33-14-20-19(24(33)35)3-4-29-21(20)12-22(34)30-5-6-32-7-9-36-10-8-32/h3-4,11,13,17H,5-10,12,14-15H2,1-2H3,(H,30,34). The summed E-state index contributed by atoms with van der Waals surface area (Å²) in [5, 5.41) is 2.92. The van der Waals surface area contributed by atoms with Crippen molar-refractivity contribution in [1.82, 2.24) is 25.1 Å². The summed E-state index contributed by atoms with van der Waals surface area (Å²) in [4.78, 5) is 38.0. The summed E-state index contributed by atoms with van der Waals surface area (Å²) in [6, 6.07) is 2.90. The lowest BCUT2D eigenvalue weighted by molar-refractivity contribution is -0.154. The number of hydrogen-bond acceptors (Lipinski definition) is 7. The van der Waals surface area contributed by atoms with E-state index in [9.17, 15) is 22.8 Å². The number of aromatic nitrogens is 2. The number of halogens is 3. The Bertz CT molecular complexity index is 1140. The molecule has 2 aromatic rings. The quantitative estimate of drug-likeness (QED) is 0.542. The average Bonchev–Trinajstić information content (AvgIpc) is 3.20. The molecule has 1 fully saturated rings. The molecule has 4 rings (SSSR count). The van der Waals surface area contributed by atoms with Gasteiger partial charge in [-0.05, 0) is 31.5 Å². The number of aryl methyl sites for hydroxylation is 1. The molecule has 37 heavy (non-hydrogen) atoms. The summed E-state index contributed by atoms with van der Waals surface area (Å²) in [6.07, 6.45) is -1.45. The number of pyridine rings is 2. The first-order valence-corrected chi connectivity index (χ1v) is 12.1. The molecule has 200 valence electrons. The normalized spacial score (nSPS) is 17.0. The summed E-state index contributed by atoms with van der Waals surface area (Å²) in [7, 11) is 0. The van der Waals surface area contributed by atoms with Crippen molar-refractivity contribution < 1.29 is 32.2 Å². The van der Waals surface area contributed by atoms with Crippen molar-refractivity contribution in [2.24, 2.45) is 0 Å². The Morgan fingerprint density at radius 3 is 2.73 bits per heavy atom. The lowest BCUT2D eigenvalue weighted by atomic mass is 10.1. The van der Waals surface area contributed by atoms with Gasteiger partial charge in [0, 0.05) is 61.8 Å². The zero-order chi connectivity index (χ0) is 26.6. The first-order valence-electron chi connectivity index (χ1n) is 12.1. The number of hydrogen-bond donors (Lipinski definition) is 1. The van der Waals surface area contributed by atoms with E-state index in [1.807, 2.05) is 6.92 Å². The van der Waals surface area contributed by atoms with E-state index in [2.05, 4.69) is 20.2 Å². The average molecular weight is 522 g/mol. The highest BCUT2D eigenvalue weighted by Gasteiger charge is 2.34. The summed E-state index contributed by atoms with van der Waals surface area (Å²) < 4.78 is 47.5. The minimum Gasteiger partial charge on any atom is -0.468 e. The molecule has 12 heteroatoms. The molecule has 2 amide bonds. The summed E-state index contributed by atoms with van der Waals surface area (Å²) in [5.41, 5.74) is 2.85. The SMILES string of the molecule is Cc1cc(C(C)N2Cc3c(ccnc3CC(=O)NCCN3CCOCC3)C2=O)cnc1OCC(F)(F)F. The van der Waals surface area contributed by atoms with Crippen LogP contribution in [0.1, 0.15) is 45.7 Å². The van der Waals surface area contributed by atoms with Crippen LogP contribution in [0, 0.1) is 6.92 Å². The summed E-state index contributed by atoms with van der Waals surface area (Å²) in [5.74, 6) is -0.466. The molecule has 0 spiro atoms. The molecule has 1 atom stereocenters. The molecule has 2 aromatic heterocycles. The Kier molecular flexibility index (Phi) is 8.28. The van der Waals surface area contributed by atoms with Crippen LogP contribution < -0.4 is 10.1 Å². The number of nitrogens with zero attached hydrogens (tertiary/aromatic N) is 4. The van der Waals surface area contributed by atoms with Gasteiger partial charge >= 0.3 is 6.18 Å². The van der Waals surface area contributed by atoms with Gasteiger partial charge in [0.15, 0.2) is 6.61 Å². The van der Waals surface area contributed by atoms with Gasteiger partial charge in [-0.1, -0.05) is 0 Å². The van der Waals surface area contributed by atoms with Gasteiger partial charge in [0.25, 0.3) is 5.91 Å². The van der Waals surface area contributed by atoms with Crippen molar-refractivity contribution in [2.45, 2.75) is 39.0 Å². The van der Waals surface area contributed by atoms with E-state index in [1.165, 1.54) is 12.4 Å². The number of amides is 2. The van der Waals surface area contributed by atoms with Crippen molar-refractivity contribution in [3.05, 3.63) is 52.5 Å².